The molecular formula is C22H26N2O5S. The lowest BCUT2D eigenvalue weighted by Gasteiger charge is -2.30. The molecule has 7 nitrogen and oxygen atoms in total. The molecule has 1 N–H and O–H groups in total. The molecule has 1 amide bonds. The van der Waals surface area contributed by atoms with E-state index in [2.05, 4.69) is 5.32 Å². The first-order chi connectivity index (χ1) is 14.4. The summed E-state index contributed by atoms with van der Waals surface area (Å²) < 4.78 is 38.8. The van der Waals surface area contributed by atoms with Crippen molar-refractivity contribution in [3.8, 4) is 11.5 Å². The lowest BCUT2D eigenvalue weighted by atomic mass is 9.97. The van der Waals surface area contributed by atoms with Crippen LogP contribution in [0.2, 0.25) is 0 Å². The number of carbonyl (C=O) groups is 1. The summed E-state index contributed by atoms with van der Waals surface area (Å²) in [6.45, 7) is 3.64. The average molecular weight is 431 g/mol. The minimum Gasteiger partial charge on any atom is -0.490 e. The number of rotatable bonds is 4. The largest absolute Gasteiger partial charge is 0.490 e. The zero-order valence-electron chi connectivity index (χ0n) is 17.0. The van der Waals surface area contributed by atoms with Crippen molar-refractivity contribution in [2.75, 3.05) is 31.6 Å². The number of nitrogens with zero attached hydrogens (tertiary/aromatic N) is 1. The monoisotopic (exact) mass is 430 g/mol. The van der Waals surface area contributed by atoms with Gasteiger partial charge in [-0.25, -0.2) is 8.42 Å². The van der Waals surface area contributed by atoms with Gasteiger partial charge in [-0.1, -0.05) is 12.1 Å². The van der Waals surface area contributed by atoms with Crippen molar-refractivity contribution in [1.29, 1.82) is 0 Å². The van der Waals surface area contributed by atoms with Crippen LogP contribution in [-0.2, 0) is 14.8 Å². The Labute approximate surface area is 177 Å². The third-order valence-corrected chi connectivity index (χ3v) is 7.36. The molecule has 0 atom stereocenters. The number of nitrogens with one attached hydrogen (secondary N) is 1. The van der Waals surface area contributed by atoms with Gasteiger partial charge in [0.2, 0.25) is 15.9 Å². The maximum Gasteiger partial charge on any atom is 0.243 e. The Hall–Kier alpha value is -2.58. The molecule has 0 aromatic heterocycles. The molecule has 0 spiro atoms. The zero-order chi connectivity index (χ0) is 21.1. The fourth-order valence-electron chi connectivity index (χ4n) is 3.78. The molecule has 2 aromatic rings. The topological polar surface area (TPSA) is 84.9 Å². The highest BCUT2D eigenvalue weighted by Gasteiger charge is 2.32. The lowest BCUT2D eigenvalue weighted by molar-refractivity contribution is -0.120. The van der Waals surface area contributed by atoms with Gasteiger partial charge in [0, 0.05) is 37.2 Å². The molecule has 2 aliphatic heterocycles. The van der Waals surface area contributed by atoms with Crippen molar-refractivity contribution < 1.29 is 22.7 Å². The van der Waals surface area contributed by atoms with E-state index in [1.54, 1.807) is 12.1 Å². The van der Waals surface area contributed by atoms with Crippen LogP contribution in [0.25, 0.3) is 0 Å². The van der Waals surface area contributed by atoms with E-state index in [4.69, 9.17) is 9.47 Å². The number of hydrogen-bond donors (Lipinski definition) is 1. The SMILES string of the molecule is Cc1cccc(NC(=O)C2CCN(S(=O)(=O)c3ccc4c(c3)OCCCO4)CC2)c1. The summed E-state index contributed by atoms with van der Waals surface area (Å²) in [5.74, 6) is 0.757. The van der Waals surface area contributed by atoms with Crippen molar-refractivity contribution >= 4 is 21.6 Å². The van der Waals surface area contributed by atoms with Gasteiger partial charge in [-0.15, -0.1) is 0 Å². The van der Waals surface area contributed by atoms with Crippen LogP contribution in [-0.4, -0.2) is 44.9 Å². The molecule has 1 saturated heterocycles. The van der Waals surface area contributed by atoms with Crippen LogP contribution in [0.5, 0.6) is 11.5 Å². The quantitative estimate of drug-likeness (QED) is 0.805. The van der Waals surface area contributed by atoms with Crippen LogP contribution < -0.4 is 14.8 Å². The molecule has 1 fully saturated rings. The van der Waals surface area contributed by atoms with E-state index in [-0.39, 0.29) is 16.7 Å². The number of hydrogen-bond acceptors (Lipinski definition) is 5. The zero-order valence-corrected chi connectivity index (χ0v) is 17.8. The molecule has 0 unspecified atom stereocenters. The predicted octanol–water partition coefficient (Wildman–Crippen LogP) is 3.20. The fourth-order valence-corrected chi connectivity index (χ4v) is 5.26. The van der Waals surface area contributed by atoms with Crippen LogP contribution in [0.3, 0.4) is 0 Å². The molecule has 4 rings (SSSR count). The number of ether oxygens (including phenoxy) is 2. The lowest BCUT2D eigenvalue weighted by Crippen LogP contribution is -2.41. The van der Waals surface area contributed by atoms with Gasteiger partial charge in [0.1, 0.15) is 0 Å². The first kappa shape index (κ1) is 20.7. The number of anilines is 1. The van der Waals surface area contributed by atoms with E-state index in [0.29, 0.717) is 50.6 Å². The Morgan fingerprint density at radius 1 is 1.03 bits per heavy atom. The molecule has 30 heavy (non-hydrogen) atoms. The van der Waals surface area contributed by atoms with Crippen LogP contribution in [0, 0.1) is 12.8 Å². The van der Waals surface area contributed by atoms with E-state index in [9.17, 15) is 13.2 Å². The average Bonchev–Trinajstić information content (AvgIpc) is 2.98. The van der Waals surface area contributed by atoms with E-state index in [1.807, 2.05) is 31.2 Å². The summed E-state index contributed by atoms with van der Waals surface area (Å²) >= 11 is 0. The van der Waals surface area contributed by atoms with Crippen LogP contribution in [0.4, 0.5) is 5.69 Å². The summed E-state index contributed by atoms with van der Waals surface area (Å²) in [4.78, 5) is 12.8. The number of amides is 1. The van der Waals surface area contributed by atoms with Gasteiger partial charge in [-0.2, -0.15) is 4.31 Å². The van der Waals surface area contributed by atoms with Gasteiger partial charge in [-0.05, 0) is 49.6 Å². The standard InChI is InChI=1S/C22H26N2O5S/c1-16-4-2-5-18(14-16)23-22(25)17-8-10-24(11-9-17)30(26,27)19-6-7-20-21(15-19)29-13-3-12-28-20/h2,4-7,14-15,17H,3,8-13H2,1H3,(H,23,25). The normalized spacial score (nSPS) is 17.9. The van der Waals surface area contributed by atoms with Crippen LogP contribution in [0.15, 0.2) is 47.4 Å². The highest BCUT2D eigenvalue weighted by atomic mass is 32.2. The van der Waals surface area contributed by atoms with E-state index < -0.39 is 10.0 Å². The number of fused-ring (bicyclic) bond motifs is 1. The van der Waals surface area contributed by atoms with Crippen molar-refractivity contribution in [2.45, 2.75) is 31.1 Å². The Morgan fingerprint density at radius 3 is 2.50 bits per heavy atom. The molecule has 160 valence electrons. The second kappa shape index (κ2) is 8.65. The van der Waals surface area contributed by atoms with Gasteiger partial charge in [0.05, 0.1) is 18.1 Å². The van der Waals surface area contributed by atoms with Gasteiger partial charge in [-0.3, -0.25) is 4.79 Å². The fraction of sp³-hybridized carbons (Fsp3) is 0.409. The Kier molecular flexibility index (Phi) is 5.97. The molecule has 0 radical (unpaired) electrons. The number of piperidine rings is 1. The molecule has 0 aliphatic carbocycles. The Balaban J connectivity index is 1.40. The second-order valence-electron chi connectivity index (χ2n) is 7.70. The first-order valence-electron chi connectivity index (χ1n) is 10.2. The molecule has 2 aromatic carbocycles. The maximum absolute atomic E-state index is 13.1. The molecule has 8 heteroatoms. The first-order valence-corrected chi connectivity index (χ1v) is 11.6. The predicted molar refractivity (Wildman–Crippen MR) is 113 cm³/mol. The van der Waals surface area contributed by atoms with E-state index >= 15 is 0 Å². The summed E-state index contributed by atoms with van der Waals surface area (Å²) in [5.41, 5.74) is 1.84. The van der Waals surface area contributed by atoms with Gasteiger partial charge >= 0.3 is 0 Å². The van der Waals surface area contributed by atoms with Gasteiger partial charge in [0.25, 0.3) is 0 Å². The maximum atomic E-state index is 13.1. The van der Waals surface area contributed by atoms with Gasteiger partial charge < -0.3 is 14.8 Å². The Morgan fingerprint density at radius 2 is 1.77 bits per heavy atom. The summed E-state index contributed by atoms with van der Waals surface area (Å²) in [7, 11) is -3.65. The minimum atomic E-state index is -3.65. The second-order valence-corrected chi connectivity index (χ2v) is 9.63. The van der Waals surface area contributed by atoms with Gasteiger partial charge in [0.15, 0.2) is 11.5 Å². The molecule has 0 bridgehead atoms. The van der Waals surface area contributed by atoms with Crippen LogP contribution in [0.1, 0.15) is 24.8 Å². The van der Waals surface area contributed by atoms with E-state index in [0.717, 1.165) is 17.7 Å². The number of sulfonamides is 1. The number of aryl methyl sites for hydroxylation is 1. The molecular weight excluding hydrogens is 404 g/mol. The van der Waals surface area contributed by atoms with Crippen molar-refractivity contribution in [3.63, 3.8) is 0 Å². The molecule has 2 heterocycles. The smallest absolute Gasteiger partial charge is 0.243 e. The third kappa shape index (κ3) is 4.44. The third-order valence-electron chi connectivity index (χ3n) is 5.47. The van der Waals surface area contributed by atoms with Crippen molar-refractivity contribution in [1.82, 2.24) is 4.31 Å². The summed E-state index contributed by atoms with van der Waals surface area (Å²) in [6.07, 6.45) is 1.73. The van der Waals surface area contributed by atoms with Crippen molar-refractivity contribution in [3.05, 3.63) is 48.0 Å². The Bertz CT molecular complexity index is 1030. The number of benzene rings is 2. The summed E-state index contributed by atoms with van der Waals surface area (Å²) in [5, 5.41) is 2.94. The molecule has 0 saturated carbocycles. The molecule has 2 aliphatic rings. The summed E-state index contributed by atoms with van der Waals surface area (Å²) in [6, 6.07) is 12.4. The van der Waals surface area contributed by atoms with Crippen LogP contribution >= 0.6 is 0 Å². The minimum absolute atomic E-state index is 0.0618. The van der Waals surface area contributed by atoms with E-state index in [1.165, 1.54) is 10.4 Å². The highest BCUT2D eigenvalue weighted by molar-refractivity contribution is 7.89. The van der Waals surface area contributed by atoms with Crippen molar-refractivity contribution in [2.24, 2.45) is 5.92 Å². The highest BCUT2D eigenvalue weighted by Crippen LogP contribution is 2.34. The number of carbonyl (C=O) groups excluding carboxylic acids is 1.